The molecule has 0 aromatic rings. The van der Waals surface area contributed by atoms with Crippen LogP contribution in [0.1, 0.15) is 73.6 Å². The molecule has 0 aliphatic rings. The van der Waals surface area contributed by atoms with Crippen LogP contribution in [0.3, 0.4) is 0 Å². The van der Waals surface area contributed by atoms with Crippen LogP contribution in [0, 0.1) is 17.8 Å². The molecule has 0 aromatic heterocycles. The lowest BCUT2D eigenvalue weighted by atomic mass is 9.85. The lowest BCUT2D eigenvalue weighted by Crippen LogP contribution is -2.31. The van der Waals surface area contributed by atoms with Gasteiger partial charge in [0.1, 0.15) is 5.78 Å². The van der Waals surface area contributed by atoms with Crippen molar-refractivity contribution in [2.75, 3.05) is 7.11 Å². The summed E-state index contributed by atoms with van der Waals surface area (Å²) in [6, 6.07) is 0. The van der Waals surface area contributed by atoms with E-state index in [-0.39, 0.29) is 5.60 Å². The van der Waals surface area contributed by atoms with Gasteiger partial charge in [-0.25, -0.2) is 0 Å². The first-order chi connectivity index (χ1) is 9.72. The first kappa shape index (κ1) is 20.4. The number of ketones is 1. The maximum absolute atomic E-state index is 11.4. The molecule has 3 unspecified atom stereocenters. The second kappa shape index (κ2) is 10.2. The van der Waals surface area contributed by atoms with E-state index >= 15 is 0 Å². The number of ether oxygens (including phenoxy) is 1. The van der Waals surface area contributed by atoms with Gasteiger partial charge >= 0.3 is 0 Å². The Bertz CT molecular complexity index is 318. The molecule has 124 valence electrons. The van der Waals surface area contributed by atoms with Crippen LogP contribution in [0.5, 0.6) is 0 Å². The highest BCUT2D eigenvalue weighted by atomic mass is 16.5. The smallest absolute Gasteiger partial charge is 0.133 e. The fourth-order valence-corrected chi connectivity index (χ4v) is 2.32. The molecular weight excluding hydrogens is 260 g/mol. The molecule has 0 aliphatic carbocycles. The van der Waals surface area contributed by atoms with E-state index in [0.29, 0.717) is 36.4 Å². The monoisotopic (exact) mass is 296 g/mol. The van der Waals surface area contributed by atoms with Gasteiger partial charge in [0.2, 0.25) is 0 Å². The molecule has 0 spiro atoms. The van der Waals surface area contributed by atoms with Crippen LogP contribution >= 0.6 is 0 Å². The Morgan fingerprint density at radius 3 is 2.33 bits per heavy atom. The molecule has 0 amide bonds. The molecule has 0 aromatic carbocycles. The van der Waals surface area contributed by atoms with Crippen LogP contribution in [-0.2, 0) is 9.53 Å². The predicted molar refractivity (Wildman–Crippen MR) is 91.5 cm³/mol. The van der Waals surface area contributed by atoms with E-state index in [2.05, 4.69) is 46.8 Å². The summed E-state index contributed by atoms with van der Waals surface area (Å²) in [6.07, 6.45) is 9.31. The molecule has 0 fully saturated rings. The van der Waals surface area contributed by atoms with Crippen LogP contribution in [0.4, 0.5) is 0 Å². The van der Waals surface area contributed by atoms with Gasteiger partial charge in [-0.2, -0.15) is 0 Å². The molecular formula is C19H36O2. The lowest BCUT2D eigenvalue weighted by Gasteiger charge is -2.31. The summed E-state index contributed by atoms with van der Waals surface area (Å²) in [5.74, 6) is 1.98. The highest BCUT2D eigenvalue weighted by Gasteiger charge is 2.25. The first-order valence-electron chi connectivity index (χ1n) is 8.46. The van der Waals surface area contributed by atoms with Crippen molar-refractivity contribution in [3.8, 4) is 0 Å². The molecule has 0 aliphatic heterocycles. The molecule has 2 nitrogen and oxygen atoms in total. The number of rotatable bonds is 11. The summed E-state index contributed by atoms with van der Waals surface area (Å²) >= 11 is 0. The number of Topliss-reactive ketones (excluding diaryl/α,β-unsaturated/α-hetero) is 1. The van der Waals surface area contributed by atoms with Crippen molar-refractivity contribution in [2.24, 2.45) is 17.8 Å². The van der Waals surface area contributed by atoms with Crippen molar-refractivity contribution in [3.63, 3.8) is 0 Å². The summed E-state index contributed by atoms with van der Waals surface area (Å²) in [4.78, 5) is 11.4. The largest absolute Gasteiger partial charge is 0.379 e. The van der Waals surface area contributed by atoms with Crippen molar-refractivity contribution < 1.29 is 9.53 Å². The van der Waals surface area contributed by atoms with Gasteiger partial charge in [0.15, 0.2) is 0 Å². The summed E-state index contributed by atoms with van der Waals surface area (Å²) in [6.45, 7) is 13.0. The average Bonchev–Trinajstić information content (AvgIpc) is 2.44. The normalized spacial score (nSPS) is 16.9. The molecule has 0 heterocycles. The fourth-order valence-electron chi connectivity index (χ4n) is 2.32. The first-order valence-corrected chi connectivity index (χ1v) is 8.46. The molecule has 21 heavy (non-hydrogen) atoms. The number of carbonyl (C=O) groups is 1. The van der Waals surface area contributed by atoms with Crippen molar-refractivity contribution >= 4 is 5.78 Å². The summed E-state index contributed by atoms with van der Waals surface area (Å²) in [5, 5.41) is 0. The van der Waals surface area contributed by atoms with Crippen molar-refractivity contribution in [2.45, 2.75) is 79.2 Å². The number of allylic oxidation sites excluding steroid dienone is 2. The predicted octanol–water partition coefficient (Wildman–Crippen LogP) is 5.42. The third-order valence-electron chi connectivity index (χ3n) is 4.75. The van der Waals surface area contributed by atoms with E-state index in [0.717, 1.165) is 6.42 Å². The number of methoxy groups -OCH3 is 1. The fraction of sp³-hybridized carbons (Fsp3) is 0.842. The minimum atomic E-state index is -0.0371. The van der Waals surface area contributed by atoms with Crippen LogP contribution in [0.2, 0.25) is 0 Å². The van der Waals surface area contributed by atoms with Crippen molar-refractivity contribution in [1.29, 1.82) is 0 Å². The highest BCUT2D eigenvalue weighted by molar-refractivity contribution is 5.78. The van der Waals surface area contributed by atoms with Gasteiger partial charge < -0.3 is 4.74 Å². The van der Waals surface area contributed by atoms with Gasteiger partial charge in [0.25, 0.3) is 0 Å². The molecule has 0 bridgehead atoms. The van der Waals surface area contributed by atoms with E-state index in [1.807, 2.05) is 6.92 Å². The average molecular weight is 296 g/mol. The second-order valence-electron chi connectivity index (χ2n) is 7.13. The van der Waals surface area contributed by atoms with Crippen LogP contribution in [-0.4, -0.2) is 18.5 Å². The summed E-state index contributed by atoms with van der Waals surface area (Å²) in [7, 11) is 1.79. The summed E-state index contributed by atoms with van der Waals surface area (Å²) in [5.41, 5.74) is -0.0371. The zero-order valence-electron chi connectivity index (χ0n) is 15.2. The molecule has 3 atom stereocenters. The van der Waals surface area contributed by atoms with E-state index < -0.39 is 0 Å². The van der Waals surface area contributed by atoms with Crippen molar-refractivity contribution in [1.82, 2.24) is 0 Å². The van der Waals surface area contributed by atoms with Gasteiger partial charge in [-0.05, 0) is 44.4 Å². The number of hydrogen-bond acceptors (Lipinski definition) is 2. The SMILES string of the molecule is CCC(=O)CC(C)C=CCC(C)CCC(C)C(C)(C)OC. The van der Waals surface area contributed by atoms with E-state index in [1.54, 1.807) is 7.11 Å². The third-order valence-corrected chi connectivity index (χ3v) is 4.75. The van der Waals surface area contributed by atoms with E-state index in [4.69, 9.17) is 4.74 Å². The van der Waals surface area contributed by atoms with Crippen molar-refractivity contribution in [3.05, 3.63) is 12.2 Å². The standard InChI is InChI=1S/C19H36O2/c1-8-18(20)14-16(3)11-9-10-15(2)12-13-17(4)19(5,6)21-7/h9,11,15-17H,8,10,12-14H2,1-7H3. The Balaban J connectivity index is 4.00. The maximum atomic E-state index is 11.4. The Labute approximate surface area is 132 Å². The highest BCUT2D eigenvalue weighted by Crippen LogP contribution is 2.26. The zero-order chi connectivity index (χ0) is 16.5. The number of carbonyl (C=O) groups excluding carboxylic acids is 1. The van der Waals surface area contributed by atoms with Crippen LogP contribution < -0.4 is 0 Å². The maximum Gasteiger partial charge on any atom is 0.133 e. The summed E-state index contributed by atoms with van der Waals surface area (Å²) < 4.78 is 5.55. The Morgan fingerprint density at radius 1 is 1.19 bits per heavy atom. The molecule has 0 N–H and O–H groups in total. The third kappa shape index (κ3) is 9.08. The molecule has 2 heteroatoms. The van der Waals surface area contributed by atoms with Crippen LogP contribution in [0.25, 0.3) is 0 Å². The topological polar surface area (TPSA) is 26.3 Å². The lowest BCUT2D eigenvalue weighted by molar-refractivity contribution is -0.119. The van der Waals surface area contributed by atoms with E-state index in [1.165, 1.54) is 12.8 Å². The van der Waals surface area contributed by atoms with Gasteiger partial charge in [0.05, 0.1) is 5.60 Å². The van der Waals surface area contributed by atoms with Gasteiger partial charge in [-0.15, -0.1) is 0 Å². The molecule has 0 saturated heterocycles. The minimum Gasteiger partial charge on any atom is -0.379 e. The number of hydrogen-bond donors (Lipinski definition) is 0. The Morgan fingerprint density at radius 2 is 1.81 bits per heavy atom. The van der Waals surface area contributed by atoms with Gasteiger partial charge in [-0.3, -0.25) is 4.79 Å². The second-order valence-corrected chi connectivity index (χ2v) is 7.13. The Hall–Kier alpha value is -0.630. The Kier molecular flexibility index (Phi) is 9.85. The molecule has 0 saturated carbocycles. The quantitative estimate of drug-likeness (QED) is 0.476. The van der Waals surface area contributed by atoms with Gasteiger partial charge in [-0.1, -0.05) is 46.3 Å². The van der Waals surface area contributed by atoms with E-state index in [9.17, 15) is 4.79 Å². The zero-order valence-corrected chi connectivity index (χ0v) is 15.2. The molecule has 0 rings (SSSR count). The molecule has 0 radical (unpaired) electrons. The minimum absolute atomic E-state index is 0.0371. The van der Waals surface area contributed by atoms with Gasteiger partial charge in [0, 0.05) is 20.0 Å². The van der Waals surface area contributed by atoms with Crippen LogP contribution in [0.15, 0.2) is 12.2 Å².